The topological polar surface area (TPSA) is 70.9 Å². The summed E-state index contributed by atoms with van der Waals surface area (Å²) in [5, 5.41) is 3.70. The molecular formula is C12H12ClN3O. The van der Waals surface area contributed by atoms with Gasteiger partial charge in [-0.25, -0.2) is 0 Å². The monoisotopic (exact) mass is 249 g/mol. The summed E-state index contributed by atoms with van der Waals surface area (Å²) >= 11 is 6.02. The molecule has 1 aromatic carbocycles. The molecule has 0 saturated heterocycles. The van der Waals surface area contributed by atoms with Crippen LogP contribution in [0.1, 0.15) is 16.1 Å². The maximum atomic E-state index is 11.0. The number of carbonyl (C=O) groups excluding carboxylic acids is 1. The minimum atomic E-state index is -0.468. The highest BCUT2D eigenvalue weighted by molar-refractivity contribution is 6.33. The number of H-pyrrole nitrogens is 1. The van der Waals surface area contributed by atoms with Crippen molar-refractivity contribution in [3.05, 3.63) is 52.8 Å². The number of nitrogens with one attached hydrogen (secondary N) is 2. The molecule has 0 radical (unpaired) electrons. The Balaban J connectivity index is 2.14. The predicted octanol–water partition coefficient (Wildman–Crippen LogP) is 2.38. The Hall–Kier alpha value is -1.94. The van der Waals surface area contributed by atoms with Crippen molar-refractivity contribution in [3.63, 3.8) is 0 Å². The third-order valence-electron chi connectivity index (χ3n) is 2.38. The molecule has 0 aliphatic carbocycles. The lowest BCUT2D eigenvalue weighted by Crippen LogP contribution is -2.11. The highest BCUT2D eigenvalue weighted by Gasteiger charge is 2.05. The summed E-state index contributed by atoms with van der Waals surface area (Å²) in [4.78, 5) is 14.1. The largest absolute Gasteiger partial charge is 0.378 e. The highest BCUT2D eigenvalue weighted by atomic mass is 35.5. The molecule has 5 heteroatoms. The first-order valence-corrected chi connectivity index (χ1v) is 5.50. The van der Waals surface area contributed by atoms with Crippen LogP contribution >= 0.6 is 11.6 Å². The van der Waals surface area contributed by atoms with Crippen LogP contribution in [0.15, 0.2) is 36.5 Å². The summed E-state index contributed by atoms with van der Waals surface area (Å²) in [6.45, 7) is 0.606. The minimum Gasteiger partial charge on any atom is -0.378 e. The molecular weight excluding hydrogens is 238 g/mol. The molecule has 1 heterocycles. The molecule has 0 saturated carbocycles. The fraction of sp³-hybridized carbons (Fsp3) is 0.0833. The quantitative estimate of drug-likeness (QED) is 0.779. The van der Waals surface area contributed by atoms with Crippen LogP contribution < -0.4 is 11.1 Å². The van der Waals surface area contributed by atoms with Crippen LogP contribution in [-0.2, 0) is 6.54 Å². The summed E-state index contributed by atoms with van der Waals surface area (Å²) in [5.74, 6) is -0.468. The molecule has 0 aliphatic heterocycles. The number of rotatable bonds is 4. The molecule has 88 valence electrons. The standard InChI is InChI=1S/C12H12ClN3O/c13-10-4-3-8(12(14)17)6-11(10)16-7-9-2-1-5-15-9/h1-6,15-16H,7H2,(H2,14,17). The number of hydrogen-bond acceptors (Lipinski definition) is 2. The first-order chi connectivity index (χ1) is 8.16. The molecule has 2 aromatic rings. The van der Waals surface area contributed by atoms with Gasteiger partial charge in [-0.1, -0.05) is 11.6 Å². The van der Waals surface area contributed by atoms with Gasteiger partial charge in [0.1, 0.15) is 0 Å². The minimum absolute atomic E-state index is 0.434. The van der Waals surface area contributed by atoms with E-state index < -0.39 is 5.91 Å². The average Bonchev–Trinajstić information content (AvgIpc) is 2.80. The normalized spacial score (nSPS) is 10.2. The molecule has 1 amide bonds. The van der Waals surface area contributed by atoms with E-state index in [0.717, 1.165) is 5.69 Å². The van der Waals surface area contributed by atoms with Crippen LogP contribution in [0.5, 0.6) is 0 Å². The van der Waals surface area contributed by atoms with E-state index in [1.165, 1.54) is 0 Å². The number of aromatic amines is 1. The van der Waals surface area contributed by atoms with Gasteiger partial charge in [-0.3, -0.25) is 4.79 Å². The van der Waals surface area contributed by atoms with E-state index in [1.807, 2.05) is 18.3 Å². The summed E-state index contributed by atoms with van der Waals surface area (Å²) in [6, 6.07) is 8.77. The molecule has 0 spiro atoms. The second-order valence-electron chi connectivity index (χ2n) is 3.61. The van der Waals surface area contributed by atoms with Gasteiger partial charge in [-0.05, 0) is 30.3 Å². The lowest BCUT2D eigenvalue weighted by molar-refractivity contribution is 0.100. The molecule has 4 N–H and O–H groups in total. The van der Waals surface area contributed by atoms with Crippen LogP contribution in [0.3, 0.4) is 0 Å². The summed E-state index contributed by atoms with van der Waals surface area (Å²) in [7, 11) is 0. The first kappa shape index (κ1) is 11.5. The van der Waals surface area contributed by atoms with E-state index in [9.17, 15) is 4.79 Å². The number of carbonyl (C=O) groups is 1. The molecule has 1 aromatic heterocycles. The van der Waals surface area contributed by atoms with Gasteiger partial charge in [0.05, 0.1) is 17.3 Å². The van der Waals surface area contributed by atoms with E-state index in [-0.39, 0.29) is 0 Å². The molecule has 4 nitrogen and oxygen atoms in total. The Morgan fingerprint density at radius 1 is 1.41 bits per heavy atom. The third kappa shape index (κ3) is 2.79. The number of primary amides is 1. The molecule has 0 fully saturated rings. The van der Waals surface area contributed by atoms with Gasteiger partial charge in [0.2, 0.25) is 5.91 Å². The Morgan fingerprint density at radius 2 is 2.24 bits per heavy atom. The van der Waals surface area contributed by atoms with Crippen molar-refractivity contribution in [2.45, 2.75) is 6.54 Å². The van der Waals surface area contributed by atoms with E-state index in [1.54, 1.807) is 18.2 Å². The number of aromatic nitrogens is 1. The smallest absolute Gasteiger partial charge is 0.248 e. The highest BCUT2D eigenvalue weighted by Crippen LogP contribution is 2.23. The van der Waals surface area contributed by atoms with Gasteiger partial charge >= 0.3 is 0 Å². The van der Waals surface area contributed by atoms with Crippen molar-refractivity contribution in [1.29, 1.82) is 0 Å². The van der Waals surface area contributed by atoms with Gasteiger partial charge in [0.15, 0.2) is 0 Å². The van der Waals surface area contributed by atoms with E-state index >= 15 is 0 Å². The molecule has 0 unspecified atom stereocenters. The molecule has 0 bridgehead atoms. The Labute approximate surface area is 104 Å². The second-order valence-corrected chi connectivity index (χ2v) is 4.01. The van der Waals surface area contributed by atoms with Crippen molar-refractivity contribution < 1.29 is 4.79 Å². The lowest BCUT2D eigenvalue weighted by atomic mass is 10.2. The van der Waals surface area contributed by atoms with Crippen LogP contribution in [0.2, 0.25) is 5.02 Å². The van der Waals surface area contributed by atoms with Crippen molar-refractivity contribution in [3.8, 4) is 0 Å². The Bertz CT molecular complexity index is 523. The molecule has 17 heavy (non-hydrogen) atoms. The summed E-state index contributed by atoms with van der Waals surface area (Å²) in [6.07, 6.45) is 1.85. The number of hydrogen-bond donors (Lipinski definition) is 3. The van der Waals surface area contributed by atoms with Gasteiger partial charge in [-0.2, -0.15) is 0 Å². The zero-order chi connectivity index (χ0) is 12.3. The van der Waals surface area contributed by atoms with Crippen LogP contribution in [0, 0.1) is 0 Å². The number of halogens is 1. The number of benzene rings is 1. The van der Waals surface area contributed by atoms with E-state index in [4.69, 9.17) is 17.3 Å². The predicted molar refractivity (Wildman–Crippen MR) is 68.1 cm³/mol. The zero-order valence-electron chi connectivity index (χ0n) is 9.03. The fourth-order valence-electron chi connectivity index (χ4n) is 1.48. The number of anilines is 1. The van der Waals surface area contributed by atoms with Crippen molar-refractivity contribution in [1.82, 2.24) is 4.98 Å². The van der Waals surface area contributed by atoms with Crippen molar-refractivity contribution >= 4 is 23.2 Å². The Kier molecular flexibility index (Phi) is 3.35. The van der Waals surface area contributed by atoms with Crippen molar-refractivity contribution in [2.75, 3.05) is 5.32 Å². The second kappa shape index (κ2) is 4.93. The third-order valence-corrected chi connectivity index (χ3v) is 2.71. The SMILES string of the molecule is NC(=O)c1ccc(Cl)c(NCc2ccc[nH]2)c1. The van der Waals surface area contributed by atoms with E-state index in [0.29, 0.717) is 22.8 Å². The average molecular weight is 250 g/mol. The van der Waals surface area contributed by atoms with Crippen LogP contribution in [-0.4, -0.2) is 10.9 Å². The molecule has 0 atom stereocenters. The van der Waals surface area contributed by atoms with Crippen molar-refractivity contribution in [2.24, 2.45) is 5.73 Å². The lowest BCUT2D eigenvalue weighted by Gasteiger charge is -2.08. The molecule has 2 rings (SSSR count). The van der Waals surface area contributed by atoms with Gasteiger partial charge < -0.3 is 16.0 Å². The van der Waals surface area contributed by atoms with Gasteiger partial charge in [-0.15, -0.1) is 0 Å². The summed E-state index contributed by atoms with van der Waals surface area (Å²) < 4.78 is 0. The number of amides is 1. The van der Waals surface area contributed by atoms with Crippen LogP contribution in [0.4, 0.5) is 5.69 Å². The zero-order valence-corrected chi connectivity index (χ0v) is 9.79. The van der Waals surface area contributed by atoms with E-state index in [2.05, 4.69) is 10.3 Å². The van der Waals surface area contributed by atoms with Gasteiger partial charge in [0.25, 0.3) is 0 Å². The van der Waals surface area contributed by atoms with Crippen LogP contribution in [0.25, 0.3) is 0 Å². The maximum absolute atomic E-state index is 11.0. The number of nitrogens with two attached hydrogens (primary N) is 1. The van der Waals surface area contributed by atoms with Gasteiger partial charge in [0, 0.05) is 17.5 Å². The Morgan fingerprint density at radius 3 is 2.88 bits per heavy atom. The fourth-order valence-corrected chi connectivity index (χ4v) is 1.67. The maximum Gasteiger partial charge on any atom is 0.248 e. The summed E-state index contributed by atoms with van der Waals surface area (Å²) in [5.41, 5.74) is 7.37. The first-order valence-electron chi connectivity index (χ1n) is 5.12. The molecule has 0 aliphatic rings.